The van der Waals surface area contributed by atoms with E-state index in [1.807, 2.05) is 7.05 Å². The molecule has 2 fully saturated rings. The summed E-state index contributed by atoms with van der Waals surface area (Å²) in [5.41, 5.74) is 1.34. The van der Waals surface area contributed by atoms with Crippen LogP contribution in [0.15, 0.2) is 35.3 Å². The number of ether oxygens (including phenoxy) is 2. The highest BCUT2D eigenvalue weighted by molar-refractivity contribution is 5.79. The summed E-state index contributed by atoms with van der Waals surface area (Å²) < 4.78 is 11.1. The normalized spacial score (nSPS) is 20.8. The number of piperazine rings is 1. The maximum absolute atomic E-state index is 5.79. The second-order valence-electron chi connectivity index (χ2n) is 7.65. The molecular formula is C22H37N5O2. The summed E-state index contributed by atoms with van der Waals surface area (Å²) in [6.07, 6.45) is 3.42. The lowest BCUT2D eigenvalue weighted by Crippen LogP contribution is -2.47. The fourth-order valence-corrected chi connectivity index (χ4v) is 3.77. The first kappa shape index (κ1) is 21.9. The molecule has 0 amide bonds. The van der Waals surface area contributed by atoms with Crippen LogP contribution in [-0.4, -0.2) is 89.6 Å². The van der Waals surface area contributed by atoms with E-state index in [2.05, 4.69) is 55.8 Å². The first-order chi connectivity index (χ1) is 14.3. The second kappa shape index (κ2) is 12.7. The van der Waals surface area contributed by atoms with Crippen LogP contribution in [0.2, 0.25) is 0 Å². The van der Waals surface area contributed by atoms with E-state index in [0.29, 0.717) is 6.10 Å². The number of hydrogen-bond acceptors (Lipinski definition) is 5. The first-order valence-corrected chi connectivity index (χ1v) is 11.0. The number of nitrogens with one attached hydrogen (secondary N) is 2. The number of para-hydroxylation sites is 1. The average Bonchev–Trinajstić information content (AvgIpc) is 3.29. The quantitative estimate of drug-likeness (QED) is 0.351. The van der Waals surface area contributed by atoms with Gasteiger partial charge < -0.3 is 25.0 Å². The van der Waals surface area contributed by atoms with Gasteiger partial charge in [0, 0.05) is 65.2 Å². The van der Waals surface area contributed by atoms with Gasteiger partial charge in [0.1, 0.15) is 0 Å². The van der Waals surface area contributed by atoms with E-state index in [4.69, 9.17) is 9.47 Å². The van der Waals surface area contributed by atoms with Crippen molar-refractivity contribution < 1.29 is 9.47 Å². The lowest BCUT2D eigenvalue weighted by molar-refractivity contribution is 0.0420. The lowest BCUT2D eigenvalue weighted by Gasteiger charge is -2.36. The van der Waals surface area contributed by atoms with Crippen LogP contribution >= 0.6 is 0 Å². The molecule has 0 aliphatic carbocycles. The van der Waals surface area contributed by atoms with Gasteiger partial charge in [0.05, 0.1) is 12.7 Å². The molecule has 0 radical (unpaired) electrons. The van der Waals surface area contributed by atoms with Crippen molar-refractivity contribution >= 4 is 11.6 Å². The summed E-state index contributed by atoms with van der Waals surface area (Å²) in [5, 5.41) is 6.78. The lowest BCUT2D eigenvalue weighted by atomic mass is 10.2. The van der Waals surface area contributed by atoms with Crippen molar-refractivity contribution in [3.63, 3.8) is 0 Å². The molecule has 0 saturated carbocycles. The molecule has 0 aromatic heterocycles. The summed E-state index contributed by atoms with van der Waals surface area (Å²) >= 11 is 0. The number of rotatable bonds is 10. The van der Waals surface area contributed by atoms with Crippen LogP contribution in [0.4, 0.5) is 5.69 Å². The monoisotopic (exact) mass is 403 g/mol. The third-order valence-electron chi connectivity index (χ3n) is 5.52. The predicted molar refractivity (Wildman–Crippen MR) is 119 cm³/mol. The molecule has 0 spiro atoms. The average molecular weight is 404 g/mol. The van der Waals surface area contributed by atoms with Gasteiger partial charge in [-0.2, -0.15) is 0 Å². The number of anilines is 1. The van der Waals surface area contributed by atoms with Crippen molar-refractivity contribution in [2.45, 2.75) is 25.4 Å². The Morgan fingerprint density at radius 1 is 1.10 bits per heavy atom. The van der Waals surface area contributed by atoms with Gasteiger partial charge in [-0.15, -0.1) is 0 Å². The van der Waals surface area contributed by atoms with E-state index in [-0.39, 0.29) is 0 Å². The van der Waals surface area contributed by atoms with Crippen LogP contribution < -0.4 is 15.5 Å². The molecule has 1 aromatic rings. The molecule has 7 heteroatoms. The highest BCUT2D eigenvalue weighted by Crippen LogP contribution is 2.15. The zero-order chi connectivity index (χ0) is 20.2. The van der Waals surface area contributed by atoms with Gasteiger partial charge in [0.2, 0.25) is 0 Å². The summed E-state index contributed by atoms with van der Waals surface area (Å²) in [5.74, 6) is 0.878. The Kier molecular flexibility index (Phi) is 9.56. The largest absolute Gasteiger partial charge is 0.379 e. The molecule has 2 aliphatic rings. The van der Waals surface area contributed by atoms with Crippen LogP contribution in [-0.2, 0) is 9.47 Å². The Balaban J connectivity index is 1.19. The molecule has 1 unspecified atom stereocenters. The first-order valence-electron chi connectivity index (χ1n) is 11.0. The third kappa shape index (κ3) is 7.84. The topological polar surface area (TPSA) is 61.4 Å². The van der Waals surface area contributed by atoms with Crippen LogP contribution in [0.25, 0.3) is 0 Å². The molecule has 2 heterocycles. The summed E-state index contributed by atoms with van der Waals surface area (Å²) in [4.78, 5) is 9.34. The number of aliphatic imine (C=N–C) groups is 1. The maximum atomic E-state index is 5.79. The van der Waals surface area contributed by atoms with Crippen molar-refractivity contribution in [2.24, 2.45) is 4.99 Å². The molecule has 7 nitrogen and oxygen atoms in total. The highest BCUT2D eigenvalue weighted by atomic mass is 16.5. The van der Waals surface area contributed by atoms with Gasteiger partial charge in [-0.05, 0) is 37.9 Å². The zero-order valence-electron chi connectivity index (χ0n) is 17.8. The van der Waals surface area contributed by atoms with Crippen molar-refractivity contribution in [3.8, 4) is 0 Å². The van der Waals surface area contributed by atoms with E-state index in [1.54, 1.807) is 0 Å². The highest BCUT2D eigenvalue weighted by Gasteiger charge is 2.17. The summed E-state index contributed by atoms with van der Waals surface area (Å²) in [6.45, 7) is 9.77. The van der Waals surface area contributed by atoms with E-state index >= 15 is 0 Å². The van der Waals surface area contributed by atoms with E-state index in [9.17, 15) is 0 Å². The molecule has 1 aromatic carbocycles. The van der Waals surface area contributed by atoms with E-state index in [1.165, 1.54) is 5.69 Å². The molecule has 3 rings (SSSR count). The molecule has 0 bridgehead atoms. The Labute approximate surface area is 175 Å². The van der Waals surface area contributed by atoms with Gasteiger partial charge in [-0.3, -0.25) is 9.89 Å². The van der Waals surface area contributed by atoms with Gasteiger partial charge in [-0.25, -0.2) is 0 Å². The van der Waals surface area contributed by atoms with Gasteiger partial charge in [-0.1, -0.05) is 18.2 Å². The van der Waals surface area contributed by atoms with Crippen molar-refractivity contribution in [3.05, 3.63) is 30.3 Å². The minimum absolute atomic E-state index is 0.294. The van der Waals surface area contributed by atoms with Crippen LogP contribution in [0.1, 0.15) is 19.3 Å². The summed E-state index contributed by atoms with van der Waals surface area (Å²) in [7, 11) is 1.82. The Bertz CT molecular complexity index is 584. The third-order valence-corrected chi connectivity index (χ3v) is 5.52. The molecule has 2 aliphatic heterocycles. The number of hydrogen-bond donors (Lipinski definition) is 2. The van der Waals surface area contributed by atoms with Crippen LogP contribution in [0.3, 0.4) is 0 Å². The van der Waals surface area contributed by atoms with Crippen LogP contribution in [0.5, 0.6) is 0 Å². The van der Waals surface area contributed by atoms with Gasteiger partial charge in [0.25, 0.3) is 0 Å². The predicted octanol–water partition coefficient (Wildman–Crippen LogP) is 1.56. The van der Waals surface area contributed by atoms with Crippen molar-refractivity contribution in [1.82, 2.24) is 15.5 Å². The molecular weight excluding hydrogens is 366 g/mol. The smallest absolute Gasteiger partial charge is 0.190 e. The van der Waals surface area contributed by atoms with Gasteiger partial charge in [0.15, 0.2) is 5.96 Å². The molecule has 29 heavy (non-hydrogen) atoms. The Morgan fingerprint density at radius 2 is 1.86 bits per heavy atom. The minimum atomic E-state index is 0.294. The van der Waals surface area contributed by atoms with E-state index in [0.717, 1.165) is 90.9 Å². The molecule has 1 atom stereocenters. The zero-order valence-corrected chi connectivity index (χ0v) is 17.8. The minimum Gasteiger partial charge on any atom is -0.379 e. The molecule has 162 valence electrons. The molecule has 2 saturated heterocycles. The number of benzene rings is 1. The van der Waals surface area contributed by atoms with Crippen molar-refractivity contribution in [2.75, 3.05) is 77.6 Å². The number of guanidine groups is 1. The Hall–Kier alpha value is -1.83. The standard InChI is InChI=1S/C22H37N5O2/c1-23-22(25-11-6-17-29-21-9-18-28-19-21)24-10-5-12-26-13-15-27(16-14-26)20-7-3-2-4-8-20/h2-4,7-8,21H,5-6,9-19H2,1H3,(H2,23,24,25). The Morgan fingerprint density at radius 3 is 2.55 bits per heavy atom. The van der Waals surface area contributed by atoms with Crippen molar-refractivity contribution in [1.29, 1.82) is 0 Å². The fourth-order valence-electron chi connectivity index (χ4n) is 3.77. The van der Waals surface area contributed by atoms with Crippen LogP contribution in [0, 0.1) is 0 Å². The second-order valence-corrected chi connectivity index (χ2v) is 7.65. The van der Waals surface area contributed by atoms with Gasteiger partial charge >= 0.3 is 0 Å². The SMILES string of the molecule is CN=C(NCCCOC1CCOC1)NCCCN1CCN(c2ccccc2)CC1. The number of nitrogens with zero attached hydrogens (tertiary/aromatic N) is 3. The maximum Gasteiger partial charge on any atom is 0.190 e. The van der Waals surface area contributed by atoms with E-state index < -0.39 is 0 Å². The molecule has 2 N–H and O–H groups in total. The summed E-state index contributed by atoms with van der Waals surface area (Å²) in [6, 6.07) is 10.7. The fraction of sp³-hybridized carbons (Fsp3) is 0.682.